The minimum absolute atomic E-state index is 0.130. The van der Waals surface area contributed by atoms with E-state index in [1.54, 1.807) is 9.80 Å². The number of hydrogen-bond donors (Lipinski definition) is 1. The number of carbonyl (C=O) groups excluding carboxylic acids is 2. The lowest BCUT2D eigenvalue weighted by Crippen LogP contribution is -2.58. The molecule has 1 aromatic rings. The number of likely N-dealkylation sites (tertiary alicyclic amines) is 2. The molecule has 7 nitrogen and oxygen atoms in total. The van der Waals surface area contributed by atoms with Crippen molar-refractivity contribution in [1.29, 1.82) is 0 Å². The zero-order chi connectivity index (χ0) is 18.9. The van der Waals surface area contributed by atoms with Crippen LogP contribution in [0.4, 0.5) is 18.0 Å². The fourth-order valence-corrected chi connectivity index (χ4v) is 2.96. The molecule has 0 bridgehead atoms. The molecule has 0 aliphatic carbocycles. The summed E-state index contributed by atoms with van der Waals surface area (Å²) in [5.41, 5.74) is 4.85. The first-order valence-electron chi connectivity index (χ1n) is 8.21. The Kier molecular flexibility index (Phi) is 5.03. The van der Waals surface area contributed by atoms with Crippen molar-refractivity contribution in [3.8, 4) is 0 Å². The van der Waals surface area contributed by atoms with E-state index in [-0.39, 0.29) is 24.7 Å². The largest absolute Gasteiger partial charge is 0.433 e. The van der Waals surface area contributed by atoms with Gasteiger partial charge in [-0.25, -0.2) is 4.79 Å². The highest BCUT2D eigenvalue weighted by Crippen LogP contribution is 2.27. The fraction of sp³-hybridized carbons (Fsp3) is 0.562. The number of urea groups is 1. The SMILES string of the molecule is NC(=O)[C@H]1CCN(C(=O)N2CC(OCc3ccc(C(F)(F)F)nc3)C2)C1. The van der Waals surface area contributed by atoms with Crippen molar-refractivity contribution in [1.82, 2.24) is 14.8 Å². The van der Waals surface area contributed by atoms with E-state index in [0.29, 0.717) is 38.2 Å². The van der Waals surface area contributed by atoms with Crippen LogP contribution in [0.5, 0.6) is 0 Å². The molecule has 0 aromatic carbocycles. The molecule has 2 aliphatic heterocycles. The van der Waals surface area contributed by atoms with Gasteiger partial charge in [0.25, 0.3) is 0 Å². The van der Waals surface area contributed by atoms with E-state index < -0.39 is 17.8 Å². The van der Waals surface area contributed by atoms with Crippen LogP contribution in [0.25, 0.3) is 0 Å². The lowest BCUT2D eigenvalue weighted by molar-refractivity contribution is -0.141. The molecule has 0 unspecified atom stereocenters. The zero-order valence-corrected chi connectivity index (χ0v) is 13.9. The second-order valence-corrected chi connectivity index (χ2v) is 6.50. The zero-order valence-electron chi connectivity index (χ0n) is 13.9. The van der Waals surface area contributed by atoms with Crippen molar-refractivity contribution in [2.24, 2.45) is 11.7 Å². The summed E-state index contributed by atoms with van der Waals surface area (Å²) in [5.74, 6) is -0.685. The number of amides is 3. The van der Waals surface area contributed by atoms with Crippen molar-refractivity contribution in [2.75, 3.05) is 26.2 Å². The van der Waals surface area contributed by atoms with E-state index in [1.807, 2.05) is 0 Å². The number of nitrogens with two attached hydrogens (primary N) is 1. The molecular weight excluding hydrogens is 353 g/mol. The smallest absolute Gasteiger partial charge is 0.370 e. The summed E-state index contributed by atoms with van der Waals surface area (Å²) in [7, 11) is 0. The van der Waals surface area contributed by atoms with E-state index >= 15 is 0 Å². The molecule has 3 amide bonds. The maximum Gasteiger partial charge on any atom is 0.433 e. The van der Waals surface area contributed by atoms with Crippen LogP contribution in [-0.2, 0) is 22.3 Å². The Balaban J connectivity index is 1.40. The molecule has 1 atom stereocenters. The Bertz CT molecular complexity index is 674. The Morgan fingerprint density at radius 1 is 1.23 bits per heavy atom. The molecule has 2 saturated heterocycles. The van der Waals surface area contributed by atoms with Crippen LogP contribution in [0.2, 0.25) is 0 Å². The molecule has 142 valence electrons. The van der Waals surface area contributed by atoms with Gasteiger partial charge in [0.05, 0.1) is 31.7 Å². The molecule has 26 heavy (non-hydrogen) atoms. The van der Waals surface area contributed by atoms with E-state index in [4.69, 9.17) is 10.5 Å². The van der Waals surface area contributed by atoms with Crippen LogP contribution in [0, 0.1) is 5.92 Å². The third kappa shape index (κ3) is 4.06. The van der Waals surface area contributed by atoms with Crippen molar-refractivity contribution in [2.45, 2.75) is 25.3 Å². The molecule has 0 radical (unpaired) electrons. The van der Waals surface area contributed by atoms with Crippen LogP contribution in [0.15, 0.2) is 18.3 Å². The molecular formula is C16H19F3N4O3. The first kappa shape index (κ1) is 18.4. The summed E-state index contributed by atoms with van der Waals surface area (Å²) >= 11 is 0. The number of nitrogens with zero attached hydrogens (tertiary/aromatic N) is 3. The van der Waals surface area contributed by atoms with Gasteiger partial charge in [0.1, 0.15) is 5.69 Å². The molecule has 2 fully saturated rings. The molecule has 1 aromatic heterocycles. The molecule has 0 spiro atoms. The summed E-state index contributed by atoms with van der Waals surface area (Å²) in [5, 5.41) is 0. The summed E-state index contributed by atoms with van der Waals surface area (Å²) in [4.78, 5) is 30.0. The molecule has 3 rings (SSSR count). The Hall–Kier alpha value is -2.36. The van der Waals surface area contributed by atoms with Crippen molar-refractivity contribution >= 4 is 11.9 Å². The molecule has 2 N–H and O–H groups in total. The van der Waals surface area contributed by atoms with Gasteiger partial charge in [-0.1, -0.05) is 6.07 Å². The van der Waals surface area contributed by atoms with Gasteiger partial charge >= 0.3 is 12.2 Å². The minimum atomic E-state index is -4.46. The minimum Gasteiger partial charge on any atom is -0.370 e. The van der Waals surface area contributed by atoms with Crippen molar-refractivity contribution in [3.63, 3.8) is 0 Å². The first-order chi connectivity index (χ1) is 12.2. The molecule has 10 heteroatoms. The third-order valence-electron chi connectivity index (χ3n) is 4.58. The van der Waals surface area contributed by atoms with E-state index in [9.17, 15) is 22.8 Å². The highest BCUT2D eigenvalue weighted by atomic mass is 19.4. The van der Waals surface area contributed by atoms with Gasteiger partial charge in [0.2, 0.25) is 5.91 Å². The van der Waals surface area contributed by atoms with Gasteiger partial charge in [0, 0.05) is 19.3 Å². The average molecular weight is 372 g/mol. The van der Waals surface area contributed by atoms with Crippen LogP contribution in [0.1, 0.15) is 17.7 Å². The number of carbonyl (C=O) groups is 2. The molecule has 3 heterocycles. The average Bonchev–Trinajstić information content (AvgIpc) is 3.03. The van der Waals surface area contributed by atoms with Gasteiger partial charge < -0.3 is 20.3 Å². The summed E-state index contributed by atoms with van der Waals surface area (Å²) in [6, 6.07) is 2.09. The predicted octanol–water partition coefficient (Wildman–Crippen LogP) is 1.23. The number of hydrogen-bond acceptors (Lipinski definition) is 4. The predicted molar refractivity (Wildman–Crippen MR) is 83.7 cm³/mol. The highest BCUT2D eigenvalue weighted by Gasteiger charge is 2.38. The van der Waals surface area contributed by atoms with E-state index in [1.165, 1.54) is 6.07 Å². The lowest BCUT2D eigenvalue weighted by Gasteiger charge is -2.40. The number of primary amides is 1. The normalized spacial score (nSPS) is 21.0. The second-order valence-electron chi connectivity index (χ2n) is 6.50. The number of ether oxygens (including phenoxy) is 1. The molecule has 0 saturated carbocycles. The van der Waals surface area contributed by atoms with Crippen LogP contribution < -0.4 is 5.73 Å². The standard InChI is InChI=1S/C16H19F3N4O3/c17-16(18,19)13-2-1-10(5-21-13)9-26-12-7-23(8-12)15(25)22-4-3-11(6-22)14(20)24/h1-2,5,11-12H,3-4,6-9H2,(H2,20,24)/t11-/m0/s1. The summed E-state index contributed by atoms with van der Waals surface area (Å²) in [6.07, 6.45) is -2.91. The number of pyridine rings is 1. The Labute approximate surface area is 147 Å². The fourth-order valence-electron chi connectivity index (χ4n) is 2.96. The quantitative estimate of drug-likeness (QED) is 0.861. The number of alkyl halides is 3. The second kappa shape index (κ2) is 7.10. The lowest BCUT2D eigenvalue weighted by atomic mass is 10.1. The molecule has 2 aliphatic rings. The maximum absolute atomic E-state index is 12.5. The number of aromatic nitrogens is 1. The monoisotopic (exact) mass is 372 g/mol. The number of halogens is 3. The van der Waals surface area contributed by atoms with Crippen LogP contribution in [-0.4, -0.2) is 59.0 Å². The van der Waals surface area contributed by atoms with Gasteiger partial charge in [0.15, 0.2) is 0 Å². The summed E-state index contributed by atoms with van der Waals surface area (Å²) in [6.45, 7) is 1.79. The number of rotatable bonds is 4. The maximum atomic E-state index is 12.5. The van der Waals surface area contributed by atoms with Gasteiger partial charge in [-0.15, -0.1) is 0 Å². The topological polar surface area (TPSA) is 88.8 Å². The van der Waals surface area contributed by atoms with Gasteiger partial charge in [-0.2, -0.15) is 13.2 Å². The van der Waals surface area contributed by atoms with Crippen molar-refractivity contribution in [3.05, 3.63) is 29.6 Å². The Morgan fingerprint density at radius 3 is 2.50 bits per heavy atom. The van der Waals surface area contributed by atoms with Crippen LogP contribution in [0.3, 0.4) is 0 Å². The van der Waals surface area contributed by atoms with Crippen LogP contribution >= 0.6 is 0 Å². The summed E-state index contributed by atoms with van der Waals surface area (Å²) < 4.78 is 42.9. The van der Waals surface area contributed by atoms with E-state index in [2.05, 4.69) is 4.98 Å². The van der Waals surface area contributed by atoms with Crippen molar-refractivity contribution < 1.29 is 27.5 Å². The van der Waals surface area contributed by atoms with Gasteiger partial charge in [-0.05, 0) is 18.1 Å². The third-order valence-corrected chi connectivity index (χ3v) is 4.58. The van der Waals surface area contributed by atoms with Gasteiger partial charge in [-0.3, -0.25) is 9.78 Å². The Morgan fingerprint density at radius 2 is 1.96 bits per heavy atom. The first-order valence-corrected chi connectivity index (χ1v) is 8.21. The van der Waals surface area contributed by atoms with E-state index in [0.717, 1.165) is 12.3 Å². The highest BCUT2D eigenvalue weighted by molar-refractivity contribution is 5.80.